The molecule has 0 heterocycles. The fraction of sp³-hybridized carbons (Fsp3) is 0.778. The molecule has 3 heteroatoms. The van der Waals surface area contributed by atoms with E-state index < -0.39 is 0 Å². The van der Waals surface area contributed by atoms with Gasteiger partial charge < -0.3 is 14.6 Å². The van der Waals surface area contributed by atoms with Crippen LogP contribution >= 0.6 is 0 Å². The minimum absolute atomic E-state index is 0.122. The minimum atomic E-state index is -0.196. The van der Waals surface area contributed by atoms with E-state index in [-0.39, 0.29) is 12.9 Å². The van der Waals surface area contributed by atoms with Gasteiger partial charge in [0.25, 0.3) is 0 Å². The highest BCUT2D eigenvalue weighted by molar-refractivity contribution is 5.01. The van der Waals surface area contributed by atoms with Gasteiger partial charge in [0.15, 0.2) is 6.29 Å². The van der Waals surface area contributed by atoms with Gasteiger partial charge >= 0.3 is 0 Å². The Morgan fingerprint density at radius 3 is 2.33 bits per heavy atom. The van der Waals surface area contributed by atoms with E-state index in [1.54, 1.807) is 14.2 Å². The SMILES string of the molecule is CC/C(=C\CC(OC)OC)CO. The molecule has 0 aromatic rings. The number of methoxy groups -OCH3 is 2. The van der Waals surface area contributed by atoms with Crippen LogP contribution in [0.3, 0.4) is 0 Å². The summed E-state index contributed by atoms with van der Waals surface area (Å²) < 4.78 is 9.98. The van der Waals surface area contributed by atoms with Crippen LogP contribution in [0.5, 0.6) is 0 Å². The third kappa shape index (κ3) is 4.49. The highest BCUT2D eigenvalue weighted by Gasteiger charge is 2.02. The molecule has 0 radical (unpaired) electrons. The van der Waals surface area contributed by atoms with Crippen LogP contribution in [-0.4, -0.2) is 32.2 Å². The molecule has 0 amide bonds. The molecule has 0 aliphatic carbocycles. The Hall–Kier alpha value is -0.380. The van der Waals surface area contributed by atoms with Gasteiger partial charge in [-0.05, 0) is 12.0 Å². The highest BCUT2D eigenvalue weighted by atomic mass is 16.7. The van der Waals surface area contributed by atoms with Crippen molar-refractivity contribution < 1.29 is 14.6 Å². The summed E-state index contributed by atoms with van der Waals surface area (Å²) in [5.41, 5.74) is 1.02. The number of ether oxygens (including phenoxy) is 2. The molecule has 0 atom stereocenters. The van der Waals surface area contributed by atoms with E-state index in [0.717, 1.165) is 12.0 Å². The average molecular weight is 174 g/mol. The number of aliphatic hydroxyl groups excluding tert-OH is 1. The van der Waals surface area contributed by atoms with Gasteiger partial charge in [-0.25, -0.2) is 0 Å². The lowest BCUT2D eigenvalue weighted by Gasteiger charge is -2.11. The second-order valence-corrected chi connectivity index (χ2v) is 2.51. The summed E-state index contributed by atoms with van der Waals surface area (Å²) >= 11 is 0. The van der Waals surface area contributed by atoms with Crippen molar-refractivity contribution in [3.05, 3.63) is 11.6 Å². The minimum Gasteiger partial charge on any atom is -0.392 e. The lowest BCUT2D eigenvalue weighted by molar-refractivity contribution is -0.0987. The molecule has 1 N–H and O–H groups in total. The summed E-state index contributed by atoms with van der Waals surface area (Å²) in [6.45, 7) is 2.13. The van der Waals surface area contributed by atoms with E-state index in [1.165, 1.54) is 0 Å². The first-order chi connectivity index (χ1) is 5.78. The predicted octanol–water partition coefficient (Wildman–Crippen LogP) is 1.32. The second-order valence-electron chi connectivity index (χ2n) is 2.51. The van der Waals surface area contributed by atoms with Crippen molar-refractivity contribution in [2.45, 2.75) is 26.1 Å². The van der Waals surface area contributed by atoms with E-state index in [0.29, 0.717) is 6.42 Å². The molecule has 0 unspecified atom stereocenters. The smallest absolute Gasteiger partial charge is 0.160 e. The third-order valence-electron chi connectivity index (χ3n) is 1.78. The number of aliphatic hydroxyl groups is 1. The molecule has 0 aromatic heterocycles. The van der Waals surface area contributed by atoms with E-state index in [4.69, 9.17) is 14.6 Å². The van der Waals surface area contributed by atoms with Crippen LogP contribution in [0.4, 0.5) is 0 Å². The van der Waals surface area contributed by atoms with Crippen LogP contribution in [0.25, 0.3) is 0 Å². The molecular formula is C9H18O3. The largest absolute Gasteiger partial charge is 0.392 e. The Kier molecular flexibility index (Phi) is 7.05. The van der Waals surface area contributed by atoms with E-state index in [9.17, 15) is 0 Å². The molecule has 0 rings (SSSR count). The molecule has 0 saturated carbocycles. The first kappa shape index (κ1) is 11.6. The Labute approximate surface area is 74.0 Å². The zero-order chi connectivity index (χ0) is 9.40. The van der Waals surface area contributed by atoms with Crippen LogP contribution in [-0.2, 0) is 9.47 Å². The normalized spacial score (nSPS) is 12.6. The van der Waals surface area contributed by atoms with Crippen LogP contribution in [0.1, 0.15) is 19.8 Å². The van der Waals surface area contributed by atoms with E-state index in [1.807, 2.05) is 13.0 Å². The van der Waals surface area contributed by atoms with Gasteiger partial charge in [-0.1, -0.05) is 13.0 Å². The average Bonchev–Trinajstić information content (AvgIpc) is 2.13. The molecule has 3 nitrogen and oxygen atoms in total. The maximum Gasteiger partial charge on any atom is 0.160 e. The first-order valence-electron chi connectivity index (χ1n) is 4.12. The summed E-state index contributed by atoms with van der Waals surface area (Å²) in [7, 11) is 3.21. The van der Waals surface area contributed by atoms with Gasteiger partial charge in [0.2, 0.25) is 0 Å². The summed E-state index contributed by atoms with van der Waals surface area (Å²) in [5, 5.41) is 8.83. The van der Waals surface area contributed by atoms with Gasteiger partial charge in [0.1, 0.15) is 0 Å². The van der Waals surface area contributed by atoms with Crippen molar-refractivity contribution in [1.29, 1.82) is 0 Å². The highest BCUT2D eigenvalue weighted by Crippen LogP contribution is 2.05. The quantitative estimate of drug-likeness (QED) is 0.487. The van der Waals surface area contributed by atoms with Gasteiger partial charge in [0.05, 0.1) is 6.61 Å². The van der Waals surface area contributed by atoms with Crippen LogP contribution in [0, 0.1) is 0 Å². The van der Waals surface area contributed by atoms with Gasteiger partial charge in [-0.3, -0.25) is 0 Å². The molecule has 0 spiro atoms. The standard InChI is InChI=1S/C9H18O3/c1-4-8(7-10)5-6-9(11-2)12-3/h5,9-10H,4,6-7H2,1-3H3/b8-5+. The van der Waals surface area contributed by atoms with E-state index >= 15 is 0 Å². The molecule has 0 saturated heterocycles. The monoisotopic (exact) mass is 174 g/mol. The molecule has 0 aliphatic heterocycles. The summed E-state index contributed by atoms with van der Waals surface area (Å²) in [6, 6.07) is 0. The number of rotatable bonds is 6. The summed E-state index contributed by atoms with van der Waals surface area (Å²) in [6.07, 6.45) is 3.32. The Bertz CT molecular complexity index is 122. The summed E-state index contributed by atoms with van der Waals surface area (Å²) in [4.78, 5) is 0. The van der Waals surface area contributed by atoms with Crippen molar-refractivity contribution in [2.24, 2.45) is 0 Å². The first-order valence-corrected chi connectivity index (χ1v) is 4.12. The number of hydrogen-bond acceptors (Lipinski definition) is 3. The fourth-order valence-electron chi connectivity index (χ4n) is 0.872. The van der Waals surface area contributed by atoms with Crippen LogP contribution in [0.2, 0.25) is 0 Å². The Morgan fingerprint density at radius 2 is 2.00 bits per heavy atom. The topological polar surface area (TPSA) is 38.7 Å². The van der Waals surface area contributed by atoms with Crippen molar-refractivity contribution >= 4 is 0 Å². The Morgan fingerprint density at radius 1 is 1.42 bits per heavy atom. The van der Waals surface area contributed by atoms with Crippen molar-refractivity contribution in [2.75, 3.05) is 20.8 Å². The zero-order valence-corrected chi connectivity index (χ0v) is 8.04. The molecule has 0 bridgehead atoms. The van der Waals surface area contributed by atoms with Crippen molar-refractivity contribution in [3.8, 4) is 0 Å². The molecule has 12 heavy (non-hydrogen) atoms. The molecule has 0 aromatic carbocycles. The maximum atomic E-state index is 8.83. The molecular weight excluding hydrogens is 156 g/mol. The second kappa shape index (κ2) is 7.28. The molecule has 0 aliphatic rings. The van der Waals surface area contributed by atoms with E-state index in [2.05, 4.69) is 0 Å². The van der Waals surface area contributed by atoms with Crippen molar-refractivity contribution in [3.63, 3.8) is 0 Å². The van der Waals surface area contributed by atoms with Gasteiger partial charge in [-0.2, -0.15) is 0 Å². The predicted molar refractivity (Wildman–Crippen MR) is 47.9 cm³/mol. The molecule has 72 valence electrons. The van der Waals surface area contributed by atoms with Gasteiger partial charge in [0, 0.05) is 20.6 Å². The fourth-order valence-corrected chi connectivity index (χ4v) is 0.872. The van der Waals surface area contributed by atoms with Gasteiger partial charge in [-0.15, -0.1) is 0 Å². The molecule has 0 fully saturated rings. The lowest BCUT2D eigenvalue weighted by Crippen LogP contribution is -2.11. The maximum absolute atomic E-state index is 8.83. The van der Waals surface area contributed by atoms with Crippen molar-refractivity contribution in [1.82, 2.24) is 0 Å². The summed E-state index contributed by atoms with van der Waals surface area (Å²) in [5.74, 6) is 0. The van der Waals surface area contributed by atoms with Crippen LogP contribution in [0.15, 0.2) is 11.6 Å². The van der Waals surface area contributed by atoms with Crippen LogP contribution < -0.4 is 0 Å². The zero-order valence-electron chi connectivity index (χ0n) is 8.04. The third-order valence-corrected chi connectivity index (χ3v) is 1.78. The Balaban J connectivity index is 3.81. The number of hydrogen-bond donors (Lipinski definition) is 1. The lowest BCUT2D eigenvalue weighted by atomic mass is 10.2.